The predicted molar refractivity (Wildman–Crippen MR) is 117 cm³/mol. The van der Waals surface area contributed by atoms with Crippen molar-refractivity contribution in [3.05, 3.63) is 41.2 Å². The molecule has 0 aliphatic carbocycles. The third-order valence-electron chi connectivity index (χ3n) is 6.46. The van der Waals surface area contributed by atoms with Gasteiger partial charge in [0.2, 0.25) is 0 Å². The van der Waals surface area contributed by atoms with Crippen LogP contribution in [0.25, 0.3) is 0 Å². The van der Waals surface area contributed by atoms with E-state index in [1.165, 1.54) is 17.5 Å². The fraction of sp³-hybridized carbons (Fsp3) is 0.500. The van der Waals surface area contributed by atoms with Gasteiger partial charge in [0.05, 0.1) is 6.20 Å². The number of anilines is 3. The molecular weight excluding hydrogens is 378 g/mol. The molecule has 4 N–H and O–H groups in total. The number of primary amides is 1. The topological polar surface area (TPSA) is 99.4 Å². The Morgan fingerprint density at radius 2 is 1.97 bits per heavy atom. The molecule has 5 rings (SSSR count). The van der Waals surface area contributed by atoms with Crippen LogP contribution in [0.15, 0.2) is 24.4 Å². The van der Waals surface area contributed by atoms with Crippen LogP contribution in [0.5, 0.6) is 0 Å². The monoisotopic (exact) mass is 407 g/mol. The van der Waals surface area contributed by atoms with E-state index in [1.54, 1.807) is 6.20 Å². The first-order valence-corrected chi connectivity index (χ1v) is 10.9. The van der Waals surface area contributed by atoms with E-state index >= 15 is 0 Å². The molecule has 0 radical (unpaired) electrons. The highest BCUT2D eigenvalue weighted by Crippen LogP contribution is 2.28. The third-order valence-corrected chi connectivity index (χ3v) is 6.46. The van der Waals surface area contributed by atoms with Crippen molar-refractivity contribution in [2.24, 2.45) is 5.73 Å². The van der Waals surface area contributed by atoms with Gasteiger partial charge < -0.3 is 21.3 Å². The van der Waals surface area contributed by atoms with Crippen LogP contribution in [0, 0.1) is 0 Å². The van der Waals surface area contributed by atoms with E-state index in [0.29, 0.717) is 11.9 Å². The molecule has 1 aromatic carbocycles. The lowest BCUT2D eigenvalue weighted by Gasteiger charge is -2.41. The normalized spacial score (nSPS) is 19.8. The number of nitrogens with one attached hydrogen (secondary N) is 2. The number of carbonyl (C=O) groups is 1. The minimum absolute atomic E-state index is 0.178. The van der Waals surface area contributed by atoms with E-state index in [4.69, 9.17) is 10.7 Å². The number of carbonyl (C=O) groups excluding carboxylic acids is 1. The van der Waals surface area contributed by atoms with E-state index in [9.17, 15) is 4.79 Å². The number of amides is 1. The summed E-state index contributed by atoms with van der Waals surface area (Å²) in [5.41, 5.74) is 9.39. The number of nitrogens with zero attached hydrogens (tertiary/aromatic N) is 4. The van der Waals surface area contributed by atoms with E-state index in [0.717, 1.165) is 70.0 Å². The quantitative estimate of drug-likeness (QED) is 0.693. The number of piperidine rings is 1. The fourth-order valence-corrected chi connectivity index (χ4v) is 4.56. The maximum Gasteiger partial charge on any atom is 0.271 e. The summed E-state index contributed by atoms with van der Waals surface area (Å²) < 4.78 is 0. The van der Waals surface area contributed by atoms with Crippen molar-refractivity contribution in [3.63, 3.8) is 0 Å². The number of hydrogen-bond acceptors (Lipinski definition) is 7. The van der Waals surface area contributed by atoms with Crippen LogP contribution < -0.4 is 21.3 Å². The second-order valence-electron chi connectivity index (χ2n) is 8.48. The molecule has 8 nitrogen and oxygen atoms in total. The van der Waals surface area contributed by atoms with Crippen LogP contribution in [0.1, 0.15) is 40.9 Å². The largest absolute Gasteiger partial charge is 0.364 e. The van der Waals surface area contributed by atoms with E-state index in [-0.39, 0.29) is 5.69 Å². The van der Waals surface area contributed by atoms with Gasteiger partial charge in [-0.05, 0) is 48.9 Å². The second kappa shape index (κ2) is 8.20. The Morgan fingerprint density at radius 1 is 1.13 bits per heavy atom. The average molecular weight is 408 g/mol. The second-order valence-corrected chi connectivity index (χ2v) is 8.48. The number of hydrogen-bond donors (Lipinski definition) is 3. The fourth-order valence-electron chi connectivity index (χ4n) is 4.56. The summed E-state index contributed by atoms with van der Waals surface area (Å²) in [5.74, 6) is 0.659. The van der Waals surface area contributed by atoms with Crippen molar-refractivity contribution >= 4 is 23.2 Å². The standard InChI is InChI=1S/C22H29N7O/c23-21(30)20-22(27-19(13-25-20)28-7-2-1-3-8-28)26-17-5-4-16-14-29(18-11-24-12-18)9-6-15(16)10-17/h4-5,10,13,18,24H,1-3,6-9,11-12,14H2,(H2,23,30)(H,26,27). The van der Waals surface area contributed by atoms with Crippen molar-refractivity contribution in [2.75, 3.05) is 42.9 Å². The van der Waals surface area contributed by atoms with Gasteiger partial charge in [0.25, 0.3) is 5.91 Å². The van der Waals surface area contributed by atoms with Gasteiger partial charge in [-0.25, -0.2) is 9.97 Å². The first kappa shape index (κ1) is 19.3. The van der Waals surface area contributed by atoms with Gasteiger partial charge in [0.15, 0.2) is 11.5 Å². The summed E-state index contributed by atoms with van der Waals surface area (Å²) in [4.78, 5) is 25.8. The van der Waals surface area contributed by atoms with Crippen molar-refractivity contribution in [1.29, 1.82) is 0 Å². The lowest BCUT2D eigenvalue weighted by Crippen LogP contribution is -2.57. The van der Waals surface area contributed by atoms with Crippen LogP contribution in [0.3, 0.4) is 0 Å². The molecule has 0 atom stereocenters. The zero-order chi connectivity index (χ0) is 20.5. The van der Waals surface area contributed by atoms with Crippen LogP contribution >= 0.6 is 0 Å². The predicted octanol–water partition coefficient (Wildman–Crippen LogP) is 1.64. The molecule has 8 heteroatoms. The first-order valence-electron chi connectivity index (χ1n) is 10.9. The highest BCUT2D eigenvalue weighted by atomic mass is 16.1. The summed E-state index contributed by atoms with van der Waals surface area (Å²) in [6, 6.07) is 7.08. The molecule has 0 bridgehead atoms. The van der Waals surface area contributed by atoms with Crippen molar-refractivity contribution in [2.45, 2.75) is 38.3 Å². The summed E-state index contributed by atoms with van der Waals surface area (Å²) in [7, 11) is 0. The third kappa shape index (κ3) is 3.85. The van der Waals surface area contributed by atoms with Gasteiger partial charge in [0, 0.05) is 51.0 Å². The zero-order valence-corrected chi connectivity index (χ0v) is 17.2. The Kier molecular flexibility index (Phi) is 5.26. The lowest BCUT2D eigenvalue weighted by atomic mass is 9.96. The average Bonchev–Trinajstić information content (AvgIpc) is 2.73. The molecule has 3 aliphatic rings. The maximum atomic E-state index is 11.9. The van der Waals surface area contributed by atoms with Crippen molar-refractivity contribution in [3.8, 4) is 0 Å². The van der Waals surface area contributed by atoms with Gasteiger partial charge >= 0.3 is 0 Å². The molecule has 2 aromatic rings. The molecule has 30 heavy (non-hydrogen) atoms. The minimum atomic E-state index is -0.571. The molecule has 158 valence electrons. The van der Waals surface area contributed by atoms with Crippen molar-refractivity contribution in [1.82, 2.24) is 20.2 Å². The van der Waals surface area contributed by atoms with E-state index < -0.39 is 5.91 Å². The summed E-state index contributed by atoms with van der Waals surface area (Å²) in [6.07, 6.45) is 6.25. The number of rotatable bonds is 5. The van der Waals surface area contributed by atoms with Gasteiger partial charge in [-0.1, -0.05) is 6.07 Å². The number of fused-ring (bicyclic) bond motifs is 1. The number of benzene rings is 1. The van der Waals surface area contributed by atoms with E-state index in [2.05, 4.69) is 43.6 Å². The Bertz CT molecular complexity index is 937. The Balaban J connectivity index is 1.37. The van der Waals surface area contributed by atoms with Gasteiger partial charge in [-0.3, -0.25) is 9.69 Å². The first-order chi connectivity index (χ1) is 14.7. The minimum Gasteiger partial charge on any atom is -0.364 e. The molecule has 1 aromatic heterocycles. The zero-order valence-electron chi connectivity index (χ0n) is 17.2. The van der Waals surface area contributed by atoms with Crippen molar-refractivity contribution < 1.29 is 4.79 Å². The SMILES string of the molecule is NC(=O)c1ncc(N2CCCCC2)nc1Nc1ccc2c(c1)CCN(C1CNC1)C2. The highest BCUT2D eigenvalue weighted by Gasteiger charge is 2.27. The molecule has 0 saturated carbocycles. The molecular formula is C22H29N7O. The number of aromatic nitrogens is 2. The van der Waals surface area contributed by atoms with E-state index in [1.807, 2.05) is 0 Å². The lowest BCUT2D eigenvalue weighted by molar-refractivity contribution is 0.0996. The Morgan fingerprint density at radius 3 is 2.70 bits per heavy atom. The van der Waals surface area contributed by atoms with Gasteiger partial charge in [0.1, 0.15) is 5.82 Å². The molecule has 0 spiro atoms. The molecule has 2 fully saturated rings. The van der Waals surface area contributed by atoms with Crippen LogP contribution in [0.4, 0.5) is 17.3 Å². The molecule has 4 heterocycles. The molecule has 1 amide bonds. The highest BCUT2D eigenvalue weighted by molar-refractivity contribution is 5.96. The van der Waals surface area contributed by atoms with Crippen LogP contribution in [0.2, 0.25) is 0 Å². The van der Waals surface area contributed by atoms with Crippen LogP contribution in [-0.2, 0) is 13.0 Å². The Labute approximate surface area is 176 Å². The van der Waals surface area contributed by atoms with Gasteiger partial charge in [-0.15, -0.1) is 0 Å². The molecule has 3 aliphatic heterocycles. The Hall–Kier alpha value is -2.71. The van der Waals surface area contributed by atoms with Crippen LogP contribution in [-0.4, -0.2) is 59.5 Å². The molecule has 0 unspecified atom stereocenters. The summed E-state index contributed by atoms with van der Waals surface area (Å²) in [6.45, 7) is 6.21. The maximum absolute atomic E-state index is 11.9. The summed E-state index contributed by atoms with van der Waals surface area (Å²) >= 11 is 0. The smallest absolute Gasteiger partial charge is 0.271 e. The molecule has 2 saturated heterocycles. The van der Waals surface area contributed by atoms with Gasteiger partial charge in [-0.2, -0.15) is 0 Å². The number of nitrogens with two attached hydrogens (primary N) is 1. The summed E-state index contributed by atoms with van der Waals surface area (Å²) in [5, 5.41) is 6.67.